The Morgan fingerprint density at radius 1 is 1.40 bits per heavy atom. The normalized spacial score (nSPS) is 14.2. The Morgan fingerprint density at radius 3 is 2.48 bits per heavy atom. The van der Waals surface area contributed by atoms with Crippen LogP contribution in [0.3, 0.4) is 0 Å². The van der Waals surface area contributed by atoms with Crippen LogP contribution in [-0.2, 0) is 19.8 Å². The molecule has 2 aromatic rings. The van der Waals surface area contributed by atoms with Crippen LogP contribution in [-0.4, -0.2) is 41.4 Å². The van der Waals surface area contributed by atoms with Gasteiger partial charge in [-0.2, -0.15) is 13.5 Å². The molecule has 0 saturated carbocycles. The van der Waals surface area contributed by atoms with E-state index in [-0.39, 0.29) is 10.0 Å². The average Bonchev–Trinajstić information content (AvgIpc) is 2.96. The Bertz CT molecular complexity index is 880. The molecular weight excluding hydrogens is 374 g/mol. The first-order chi connectivity index (χ1) is 11.6. The van der Waals surface area contributed by atoms with Gasteiger partial charge in [-0.05, 0) is 26.0 Å². The number of hydrogen-bond acceptors (Lipinski definition) is 7. The minimum atomic E-state index is -4.07. The van der Waals surface area contributed by atoms with Crippen molar-refractivity contribution in [3.8, 4) is 0 Å². The zero-order valence-corrected chi connectivity index (χ0v) is 15.0. The molecule has 0 aliphatic heterocycles. The lowest BCUT2D eigenvalue weighted by Crippen LogP contribution is -2.40. The van der Waals surface area contributed by atoms with E-state index >= 15 is 0 Å². The lowest BCUT2D eigenvalue weighted by atomic mass is 10.1. The lowest BCUT2D eigenvalue weighted by molar-refractivity contribution is -0.384. The van der Waals surface area contributed by atoms with Gasteiger partial charge in [0.2, 0.25) is 5.15 Å². The first kappa shape index (κ1) is 19.3. The minimum absolute atomic E-state index is 0.0390. The number of hydrogen-bond donors (Lipinski definition) is 1. The number of aliphatic hydroxyl groups excluding tert-OH is 1. The third-order valence-corrected chi connectivity index (χ3v) is 5.12. The molecule has 0 bridgehead atoms. The van der Waals surface area contributed by atoms with Gasteiger partial charge in [0.15, 0.2) is 0 Å². The molecular formula is C14H16ClN3O6S. The van der Waals surface area contributed by atoms with E-state index in [1.807, 2.05) is 6.92 Å². The van der Waals surface area contributed by atoms with Crippen LogP contribution in [0.15, 0.2) is 35.4 Å². The largest absolute Gasteiger partial charge is 0.394 e. The predicted molar refractivity (Wildman–Crippen MR) is 88.9 cm³/mol. The molecule has 0 aliphatic carbocycles. The van der Waals surface area contributed by atoms with Crippen molar-refractivity contribution in [2.24, 2.45) is 0 Å². The fourth-order valence-electron chi connectivity index (χ4n) is 1.90. The van der Waals surface area contributed by atoms with Gasteiger partial charge < -0.3 is 5.11 Å². The van der Waals surface area contributed by atoms with Crippen LogP contribution >= 0.6 is 11.6 Å². The molecule has 1 aromatic carbocycles. The molecule has 25 heavy (non-hydrogen) atoms. The SMILES string of the molecule is Cc1ccc(S(=O)(=O)OCC(C)(CO)n2cc([N+](=O)[O-])c(Cl)n2)cc1. The summed E-state index contributed by atoms with van der Waals surface area (Å²) >= 11 is 5.69. The van der Waals surface area contributed by atoms with E-state index in [0.717, 1.165) is 16.4 Å². The first-order valence-electron chi connectivity index (χ1n) is 7.06. The summed E-state index contributed by atoms with van der Waals surface area (Å²) in [4.78, 5) is 10.1. The molecule has 1 unspecified atom stereocenters. The smallest absolute Gasteiger partial charge is 0.325 e. The van der Waals surface area contributed by atoms with E-state index < -0.39 is 39.5 Å². The molecule has 0 radical (unpaired) electrons. The number of nitrogens with zero attached hydrogens (tertiary/aromatic N) is 3. The Labute approximate surface area is 149 Å². The molecule has 0 spiro atoms. The molecule has 136 valence electrons. The first-order valence-corrected chi connectivity index (χ1v) is 8.85. The highest BCUT2D eigenvalue weighted by atomic mass is 35.5. The van der Waals surface area contributed by atoms with E-state index in [2.05, 4.69) is 5.10 Å². The molecule has 0 fully saturated rings. The molecule has 0 amide bonds. The molecule has 0 saturated heterocycles. The van der Waals surface area contributed by atoms with Crippen LogP contribution in [0.4, 0.5) is 5.69 Å². The summed E-state index contributed by atoms with van der Waals surface area (Å²) in [5.41, 5.74) is -0.935. The summed E-state index contributed by atoms with van der Waals surface area (Å²) < 4.78 is 30.5. The van der Waals surface area contributed by atoms with E-state index in [1.54, 1.807) is 12.1 Å². The van der Waals surface area contributed by atoms with Gasteiger partial charge in [0.05, 0.1) is 23.0 Å². The number of rotatable bonds is 7. The van der Waals surface area contributed by atoms with Crippen molar-refractivity contribution in [2.45, 2.75) is 24.3 Å². The molecule has 1 aromatic heterocycles. The monoisotopic (exact) mass is 389 g/mol. The highest BCUT2D eigenvalue weighted by molar-refractivity contribution is 7.86. The van der Waals surface area contributed by atoms with Crippen LogP contribution in [0, 0.1) is 17.0 Å². The topological polar surface area (TPSA) is 125 Å². The van der Waals surface area contributed by atoms with Crippen molar-refractivity contribution in [2.75, 3.05) is 13.2 Å². The average molecular weight is 390 g/mol. The highest BCUT2D eigenvalue weighted by Gasteiger charge is 2.33. The van der Waals surface area contributed by atoms with Gasteiger partial charge in [-0.15, -0.1) is 0 Å². The summed E-state index contributed by atoms with van der Waals surface area (Å²) in [5, 5.41) is 23.9. The van der Waals surface area contributed by atoms with Crippen molar-refractivity contribution in [1.82, 2.24) is 9.78 Å². The van der Waals surface area contributed by atoms with Gasteiger partial charge in [-0.1, -0.05) is 29.3 Å². The molecule has 11 heteroatoms. The van der Waals surface area contributed by atoms with Crippen LogP contribution in [0.25, 0.3) is 0 Å². The van der Waals surface area contributed by atoms with E-state index in [0.29, 0.717) is 0 Å². The lowest BCUT2D eigenvalue weighted by Gasteiger charge is -2.26. The fraction of sp³-hybridized carbons (Fsp3) is 0.357. The zero-order valence-electron chi connectivity index (χ0n) is 13.4. The van der Waals surface area contributed by atoms with Gasteiger partial charge in [0, 0.05) is 0 Å². The van der Waals surface area contributed by atoms with E-state index in [1.165, 1.54) is 19.1 Å². The summed E-state index contributed by atoms with van der Waals surface area (Å²) in [7, 11) is -4.07. The maximum Gasteiger partial charge on any atom is 0.325 e. The number of benzene rings is 1. The molecule has 1 N–H and O–H groups in total. The molecule has 0 aliphatic rings. The van der Waals surface area contributed by atoms with Gasteiger partial charge in [0.1, 0.15) is 11.7 Å². The van der Waals surface area contributed by atoms with Gasteiger partial charge in [0.25, 0.3) is 10.1 Å². The minimum Gasteiger partial charge on any atom is -0.394 e. The molecule has 2 rings (SSSR count). The second-order valence-electron chi connectivity index (χ2n) is 5.69. The number of nitro groups is 1. The molecule has 1 heterocycles. The van der Waals surface area contributed by atoms with Crippen molar-refractivity contribution < 1.29 is 22.6 Å². The summed E-state index contributed by atoms with van der Waals surface area (Å²) in [6, 6.07) is 6.05. The highest BCUT2D eigenvalue weighted by Crippen LogP contribution is 2.27. The van der Waals surface area contributed by atoms with Gasteiger partial charge in [-0.3, -0.25) is 19.0 Å². The van der Waals surface area contributed by atoms with E-state index in [9.17, 15) is 23.6 Å². The van der Waals surface area contributed by atoms with Crippen LogP contribution in [0.2, 0.25) is 5.15 Å². The molecule has 1 atom stereocenters. The van der Waals surface area contributed by atoms with Gasteiger partial charge in [-0.25, -0.2) is 0 Å². The zero-order chi connectivity index (χ0) is 18.8. The number of halogens is 1. The van der Waals surface area contributed by atoms with Crippen molar-refractivity contribution in [1.29, 1.82) is 0 Å². The Morgan fingerprint density at radius 2 is 2.00 bits per heavy atom. The summed E-state index contributed by atoms with van der Waals surface area (Å²) in [6.07, 6.45) is 1.01. The number of aromatic nitrogens is 2. The Balaban J connectivity index is 2.25. The maximum atomic E-state index is 12.2. The second-order valence-corrected chi connectivity index (χ2v) is 7.66. The summed E-state index contributed by atoms with van der Waals surface area (Å²) in [6.45, 7) is 2.18. The standard InChI is InChI=1S/C14H16ClN3O6S/c1-10-3-5-11(6-4-10)25(22,23)24-9-14(2,8-19)17-7-12(18(20)21)13(15)16-17/h3-7,19H,8-9H2,1-2H3. The number of aliphatic hydroxyl groups is 1. The quantitative estimate of drug-likeness (QED) is 0.435. The predicted octanol–water partition coefficient (Wildman–Crippen LogP) is 1.87. The van der Waals surface area contributed by atoms with Crippen LogP contribution in [0.1, 0.15) is 12.5 Å². The third kappa shape index (κ3) is 4.15. The second kappa shape index (κ2) is 7.08. The van der Waals surface area contributed by atoms with Crippen molar-refractivity contribution >= 4 is 27.4 Å². The third-order valence-electron chi connectivity index (χ3n) is 3.58. The van der Waals surface area contributed by atoms with Gasteiger partial charge >= 0.3 is 5.69 Å². The Hall–Kier alpha value is -2.01. The Kier molecular flexibility index (Phi) is 5.47. The summed E-state index contributed by atoms with van der Waals surface area (Å²) in [5.74, 6) is 0. The maximum absolute atomic E-state index is 12.2. The van der Waals surface area contributed by atoms with Crippen LogP contribution in [0.5, 0.6) is 0 Å². The van der Waals surface area contributed by atoms with Crippen molar-refractivity contribution in [3.05, 3.63) is 51.3 Å². The van der Waals surface area contributed by atoms with E-state index in [4.69, 9.17) is 15.8 Å². The molecule has 9 nitrogen and oxygen atoms in total. The number of aryl methyl sites for hydroxylation is 1. The van der Waals surface area contributed by atoms with Crippen LogP contribution < -0.4 is 0 Å². The fourth-order valence-corrected chi connectivity index (χ4v) is 3.12. The van der Waals surface area contributed by atoms with Crippen molar-refractivity contribution in [3.63, 3.8) is 0 Å².